The summed E-state index contributed by atoms with van der Waals surface area (Å²) in [6, 6.07) is 27.6. The molecule has 2 aromatic heterocycles. The van der Waals surface area contributed by atoms with Gasteiger partial charge < -0.3 is 0 Å². The number of aromatic nitrogens is 3. The summed E-state index contributed by atoms with van der Waals surface area (Å²) < 4.78 is 3.25. The van der Waals surface area contributed by atoms with Gasteiger partial charge in [0.2, 0.25) is 5.95 Å². The standard InChI is InChI=1S/C31H24BrN3/c1-3-5-10-20(4-2)29-25-17-15-21-11-6-7-12-23(21)30(25)34-31(33-29)35-27-14-9-8-13-24(27)26-19-22(32)16-18-28(26)35/h4-19H,3H2,1-2H3/b10-5-,20-4+. The van der Waals surface area contributed by atoms with Crippen LogP contribution in [0.1, 0.15) is 26.0 Å². The first kappa shape index (κ1) is 21.8. The van der Waals surface area contributed by atoms with Crippen molar-refractivity contribution in [3.05, 3.63) is 107 Å². The van der Waals surface area contributed by atoms with Crippen molar-refractivity contribution in [3.8, 4) is 5.95 Å². The summed E-state index contributed by atoms with van der Waals surface area (Å²) in [6.07, 6.45) is 7.46. The molecule has 0 aliphatic carbocycles. The lowest BCUT2D eigenvalue weighted by Gasteiger charge is -2.13. The minimum absolute atomic E-state index is 0.682. The number of rotatable bonds is 4. The van der Waals surface area contributed by atoms with Crippen LogP contribution >= 0.6 is 15.9 Å². The van der Waals surface area contributed by atoms with Crippen LogP contribution in [-0.2, 0) is 0 Å². The summed E-state index contributed by atoms with van der Waals surface area (Å²) in [5.74, 6) is 0.682. The Morgan fingerprint density at radius 3 is 2.43 bits per heavy atom. The van der Waals surface area contributed by atoms with Crippen molar-refractivity contribution < 1.29 is 0 Å². The van der Waals surface area contributed by atoms with Gasteiger partial charge in [0.15, 0.2) is 0 Å². The Morgan fingerprint density at radius 1 is 0.829 bits per heavy atom. The van der Waals surface area contributed by atoms with Gasteiger partial charge in [0.1, 0.15) is 0 Å². The van der Waals surface area contributed by atoms with E-state index in [4.69, 9.17) is 9.97 Å². The lowest BCUT2D eigenvalue weighted by Crippen LogP contribution is -2.05. The molecular formula is C31H24BrN3. The van der Waals surface area contributed by atoms with E-state index in [1.807, 2.05) is 0 Å². The molecule has 0 radical (unpaired) electrons. The van der Waals surface area contributed by atoms with Crippen LogP contribution in [0, 0.1) is 0 Å². The van der Waals surface area contributed by atoms with E-state index in [0.29, 0.717) is 5.95 Å². The van der Waals surface area contributed by atoms with E-state index in [1.165, 1.54) is 16.2 Å². The van der Waals surface area contributed by atoms with Crippen molar-refractivity contribution >= 4 is 65.0 Å². The fourth-order valence-electron chi connectivity index (χ4n) is 4.89. The quantitative estimate of drug-likeness (QED) is 0.172. The zero-order chi connectivity index (χ0) is 23.9. The average molecular weight is 518 g/mol. The molecule has 0 fully saturated rings. The zero-order valence-electron chi connectivity index (χ0n) is 19.7. The molecule has 0 spiro atoms. The number of allylic oxidation sites excluding steroid dienone is 4. The highest BCUT2D eigenvalue weighted by molar-refractivity contribution is 9.10. The van der Waals surface area contributed by atoms with Crippen LogP contribution in [0.25, 0.3) is 55.0 Å². The van der Waals surface area contributed by atoms with Crippen LogP contribution in [0.2, 0.25) is 0 Å². The molecule has 170 valence electrons. The van der Waals surface area contributed by atoms with Crippen LogP contribution in [0.5, 0.6) is 0 Å². The normalized spacial score (nSPS) is 12.6. The molecule has 0 atom stereocenters. The molecule has 6 rings (SSSR count). The van der Waals surface area contributed by atoms with E-state index >= 15 is 0 Å². The Morgan fingerprint density at radius 2 is 1.60 bits per heavy atom. The monoisotopic (exact) mass is 517 g/mol. The molecule has 6 aromatic rings. The van der Waals surface area contributed by atoms with E-state index in [-0.39, 0.29) is 0 Å². The van der Waals surface area contributed by atoms with Crippen molar-refractivity contribution in [1.82, 2.24) is 14.5 Å². The summed E-state index contributed by atoms with van der Waals surface area (Å²) in [4.78, 5) is 10.4. The number of hydrogen-bond donors (Lipinski definition) is 0. The molecule has 0 bridgehead atoms. The predicted molar refractivity (Wildman–Crippen MR) is 152 cm³/mol. The second-order valence-corrected chi connectivity index (χ2v) is 9.54. The van der Waals surface area contributed by atoms with Gasteiger partial charge in [-0.15, -0.1) is 0 Å². The third-order valence-corrected chi connectivity index (χ3v) is 7.02. The van der Waals surface area contributed by atoms with Crippen molar-refractivity contribution in [1.29, 1.82) is 0 Å². The predicted octanol–water partition coefficient (Wildman–Crippen LogP) is 9.01. The molecule has 4 aromatic carbocycles. The molecule has 2 heterocycles. The number of nitrogens with zero attached hydrogens (tertiary/aromatic N) is 3. The van der Waals surface area contributed by atoms with E-state index in [2.05, 4.69) is 131 Å². The minimum Gasteiger partial charge on any atom is -0.278 e. The number of hydrogen-bond acceptors (Lipinski definition) is 2. The smallest absolute Gasteiger partial charge is 0.235 e. The van der Waals surface area contributed by atoms with Gasteiger partial charge in [-0.3, -0.25) is 4.57 Å². The second kappa shape index (κ2) is 8.79. The molecular weight excluding hydrogens is 494 g/mol. The SMILES string of the molecule is C/C=C(\C=C/CC)c1nc(-n2c3ccccc3c3cc(Br)ccc32)nc2c1ccc1ccccc12. The minimum atomic E-state index is 0.682. The second-order valence-electron chi connectivity index (χ2n) is 8.62. The van der Waals surface area contributed by atoms with Gasteiger partial charge in [-0.05, 0) is 54.6 Å². The van der Waals surface area contributed by atoms with E-state index in [1.54, 1.807) is 0 Å². The largest absolute Gasteiger partial charge is 0.278 e. The molecule has 0 amide bonds. The maximum atomic E-state index is 5.22. The van der Waals surface area contributed by atoms with Crippen molar-refractivity contribution in [3.63, 3.8) is 0 Å². The van der Waals surface area contributed by atoms with Gasteiger partial charge in [0.05, 0.1) is 22.2 Å². The highest BCUT2D eigenvalue weighted by atomic mass is 79.9. The summed E-state index contributed by atoms with van der Waals surface area (Å²) in [6.45, 7) is 4.22. The number of benzene rings is 4. The highest BCUT2D eigenvalue weighted by Gasteiger charge is 2.18. The fourth-order valence-corrected chi connectivity index (χ4v) is 5.25. The first-order valence-corrected chi connectivity index (χ1v) is 12.7. The fraction of sp³-hybridized carbons (Fsp3) is 0.0968. The highest BCUT2D eigenvalue weighted by Crippen LogP contribution is 2.35. The Kier molecular flexibility index (Phi) is 5.46. The summed E-state index contributed by atoms with van der Waals surface area (Å²) in [7, 11) is 0. The van der Waals surface area contributed by atoms with Crippen LogP contribution in [0.3, 0.4) is 0 Å². The van der Waals surface area contributed by atoms with Crippen molar-refractivity contribution in [2.45, 2.75) is 20.3 Å². The Bertz CT molecular complexity index is 1810. The Balaban J connectivity index is 1.78. The maximum Gasteiger partial charge on any atom is 0.235 e. The van der Waals surface area contributed by atoms with Gasteiger partial charge in [0.25, 0.3) is 0 Å². The van der Waals surface area contributed by atoms with Gasteiger partial charge in [-0.2, -0.15) is 0 Å². The van der Waals surface area contributed by atoms with E-state index in [9.17, 15) is 0 Å². The molecule has 4 heteroatoms. The van der Waals surface area contributed by atoms with Crippen LogP contribution in [-0.4, -0.2) is 14.5 Å². The van der Waals surface area contributed by atoms with Crippen molar-refractivity contribution in [2.75, 3.05) is 0 Å². The van der Waals surface area contributed by atoms with Gasteiger partial charge >= 0.3 is 0 Å². The average Bonchev–Trinajstić information content (AvgIpc) is 3.22. The van der Waals surface area contributed by atoms with E-state index < -0.39 is 0 Å². The molecule has 0 unspecified atom stereocenters. The topological polar surface area (TPSA) is 30.7 Å². The van der Waals surface area contributed by atoms with Crippen molar-refractivity contribution in [2.24, 2.45) is 0 Å². The van der Waals surface area contributed by atoms with Crippen LogP contribution in [0.4, 0.5) is 0 Å². The zero-order valence-corrected chi connectivity index (χ0v) is 21.3. The third kappa shape index (κ3) is 3.57. The summed E-state index contributed by atoms with van der Waals surface area (Å²) in [5, 5.41) is 5.73. The summed E-state index contributed by atoms with van der Waals surface area (Å²) >= 11 is 3.65. The lowest BCUT2D eigenvalue weighted by molar-refractivity contribution is 1.00. The van der Waals surface area contributed by atoms with Gasteiger partial charge in [0, 0.05) is 26.0 Å². The molecule has 0 N–H and O–H groups in total. The molecule has 0 saturated heterocycles. The first-order chi connectivity index (χ1) is 17.2. The van der Waals surface area contributed by atoms with E-state index in [0.717, 1.165) is 49.5 Å². The van der Waals surface area contributed by atoms with Crippen LogP contribution < -0.4 is 0 Å². The first-order valence-electron chi connectivity index (χ1n) is 11.9. The number of fused-ring (bicyclic) bond motifs is 6. The molecule has 35 heavy (non-hydrogen) atoms. The Hall–Kier alpha value is -3.76. The third-order valence-electron chi connectivity index (χ3n) is 6.53. The molecule has 0 aliphatic heterocycles. The molecule has 0 saturated carbocycles. The molecule has 0 aliphatic rings. The van der Waals surface area contributed by atoms with Crippen LogP contribution in [0.15, 0.2) is 102 Å². The molecule has 3 nitrogen and oxygen atoms in total. The number of halogens is 1. The van der Waals surface area contributed by atoms with Gasteiger partial charge in [-0.25, -0.2) is 9.97 Å². The number of para-hydroxylation sites is 1. The van der Waals surface area contributed by atoms with Gasteiger partial charge in [-0.1, -0.05) is 89.6 Å². The summed E-state index contributed by atoms with van der Waals surface area (Å²) in [5.41, 5.74) is 5.20. The lowest BCUT2D eigenvalue weighted by atomic mass is 10.0. The maximum absolute atomic E-state index is 5.22. The Labute approximate surface area is 212 Å².